The van der Waals surface area contributed by atoms with Crippen LogP contribution in [0.4, 0.5) is 5.69 Å². The number of nitro groups is 1. The van der Waals surface area contributed by atoms with Gasteiger partial charge >= 0.3 is 5.97 Å². The van der Waals surface area contributed by atoms with E-state index in [0.717, 1.165) is 0 Å². The van der Waals surface area contributed by atoms with Gasteiger partial charge in [-0.3, -0.25) is 19.7 Å². The number of carbonyl (C=O) groups excluding carboxylic acids is 2. The van der Waals surface area contributed by atoms with Crippen LogP contribution in [0.25, 0.3) is 0 Å². The molecule has 160 valence electrons. The molecule has 10 nitrogen and oxygen atoms in total. The van der Waals surface area contributed by atoms with Gasteiger partial charge in [-0.05, 0) is 43.2 Å². The first-order valence-electron chi connectivity index (χ1n) is 8.78. The highest BCUT2D eigenvalue weighted by molar-refractivity contribution is 7.90. The Kier molecular flexibility index (Phi) is 7.48. The molecule has 2 aromatic rings. The highest BCUT2D eigenvalue weighted by atomic mass is 32.2. The molecule has 0 aliphatic carbocycles. The van der Waals surface area contributed by atoms with Gasteiger partial charge in [0.15, 0.2) is 0 Å². The molecule has 0 fully saturated rings. The van der Waals surface area contributed by atoms with E-state index in [1.807, 2.05) is 4.72 Å². The minimum Gasteiger partial charge on any atom is -0.497 e. The van der Waals surface area contributed by atoms with E-state index < -0.39 is 32.7 Å². The smallest absolute Gasteiger partial charge is 0.318 e. The van der Waals surface area contributed by atoms with Gasteiger partial charge < -0.3 is 9.47 Å². The third-order valence-corrected chi connectivity index (χ3v) is 5.44. The molecule has 11 heteroatoms. The Balaban J connectivity index is 2.23. The SMILES string of the molecule is CCOC(=O)C(Cc1ccc([N+](=O)[O-])cc1)C(=O)NS(=O)(=O)c1ccc(OC)cc1. The van der Waals surface area contributed by atoms with Gasteiger partial charge in [-0.25, -0.2) is 13.1 Å². The van der Waals surface area contributed by atoms with Gasteiger partial charge in [-0.15, -0.1) is 0 Å². The maximum Gasteiger partial charge on any atom is 0.318 e. The molecule has 0 aliphatic heterocycles. The predicted molar refractivity (Wildman–Crippen MR) is 105 cm³/mol. The molecule has 0 radical (unpaired) electrons. The predicted octanol–water partition coefficient (Wildman–Crippen LogP) is 1.83. The zero-order valence-electron chi connectivity index (χ0n) is 16.2. The number of amides is 1. The number of carbonyl (C=O) groups is 2. The second-order valence-corrected chi connectivity index (χ2v) is 7.76. The molecule has 0 aromatic heterocycles. The Bertz CT molecular complexity index is 1020. The lowest BCUT2D eigenvalue weighted by Crippen LogP contribution is -2.40. The van der Waals surface area contributed by atoms with E-state index in [1.54, 1.807) is 6.92 Å². The largest absolute Gasteiger partial charge is 0.497 e. The van der Waals surface area contributed by atoms with Crippen LogP contribution in [0.3, 0.4) is 0 Å². The standard InChI is InChI=1S/C19H20N2O8S/c1-3-29-19(23)17(12-13-4-6-14(7-5-13)21(24)25)18(22)20-30(26,27)16-10-8-15(28-2)9-11-16/h4-11,17H,3,12H2,1-2H3,(H,20,22). The lowest BCUT2D eigenvalue weighted by Gasteiger charge is -2.16. The van der Waals surface area contributed by atoms with E-state index in [1.165, 1.54) is 55.6 Å². The lowest BCUT2D eigenvalue weighted by atomic mass is 9.98. The van der Waals surface area contributed by atoms with Crippen LogP contribution in [0.15, 0.2) is 53.4 Å². The van der Waals surface area contributed by atoms with E-state index >= 15 is 0 Å². The number of nitro benzene ring substituents is 1. The molecule has 0 bridgehead atoms. The Hall–Kier alpha value is -3.47. The summed E-state index contributed by atoms with van der Waals surface area (Å²) in [6.07, 6.45) is -0.194. The van der Waals surface area contributed by atoms with Gasteiger partial charge in [0.25, 0.3) is 15.7 Å². The average Bonchev–Trinajstić information content (AvgIpc) is 2.72. The number of non-ortho nitro benzene ring substituents is 1. The number of nitrogens with one attached hydrogen (secondary N) is 1. The topological polar surface area (TPSA) is 142 Å². The highest BCUT2D eigenvalue weighted by Gasteiger charge is 2.32. The van der Waals surface area contributed by atoms with Crippen molar-refractivity contribution in [3.05, 3.63) is 64.2 Å². The molecule has 0 saturated heterocycles. The van der Waals surface area contributed by atoms with Crippen LogP contribution in [-0.4, -0.2) is 38.9 Å². The fraction of sp³-hybridized carbons (Fsp3) is 0.263. The minimum atomic E-state index is -4.24. The van der Waals surface area contributed by atoms with Crippen molar-refractivity contribution in [2.45, 2.75) is 18.2 Å². The van der Waals surface area contributed by atoms with E-state index in [4.69, 9.17) is 9.47 Å². The molecule has 2 rings (SSSR count). The summed E-state index contributed by atoms with van der Waals surface area (Å²) in [5, 5.41) is 10.8. The molecule has 1 unspecified atom stereocenters. The van der Waals surface area contributed by atoms with E-state index in [9.17, 15) is 28.1 Å². The number of ether oxygens (including phenoxy) is 2. The molecular weight excluding hydrogens is 416 g/mol. The first-order valence-corrected chi connectivity index (χ1v) is 10.3. The van der Waals surface area contributed by atoms with Gasteiger partial charge in [0.05, 0.1) is 23.5 Å². The molecule has 0 spiro atoms. The number of hydrogen-bond acceptors (Lipinski definition) is 8. The van der Waals surface area contributed by atoms with Crippen molar-refractivity contribution in [3.63, 3.8) is 0 Å². The molecule has 0 saturated carbocycles. The van der Waals surface area contributed by atoms with Crippen molar-refractivity contribution in [1.82, 2.24) is 4.72 Å². The summed E-state index contributed by atoms with van der Waals surface area (Å²) in [5.74, 6) is -3.00. The first-order chi connectivity index (χ1) is 14.2. The Morgan fingerprint density at radius 1 is 1.10 bits per heavy atom. The normalized spacial score (nSPS) is 11.9. The second kappa shape index (κ2) is 9.83. The van der Waals surface area contributed by atoms with E-state index in [2.05, 4.69) is 0 Å². The van der Waals surface area contributed by atoms with Crippen LogP contribution in [-0.2, 0) is 30.8 Å². The molecule has 1 amide bonds. The fourth-order valence-electron chi connectivity index (χ4n) is 2.53. The van der Waals surface area contributed by atoms with Crippen LogP contribution < -0.4 is 9.46 Å². The zero-order valence-corrected chi connectivity index (χ0v) is 17.0. The molecule has 0 heterocycles. The summed E-state index contributed by atoms with van der Waals surface area (Å²) < 4.78 is 36.7. The number of hydrogen-bond donors (Lipinski definition) is 1. The fourth-order valence-corrected chi connectivity index (χ4v) is 3.55. The third-order valence-electron chi connectivity index (χ3n) is 4.08. The molecule has 30 heavy (non-hydrogen) atoms. The maximum atomic E-state index is 12.6. The van der Waals surface area contributed by atoms with Crippen molar-refractivity contribution < 1.29 is 32.4 Å². The van der Waals surface area contributed by atoms with Gasteiger partial charge in [0.1, 0.15) is 11.7 Å². The number of rotatable bonds is 9. The molecule has 1 atom stereocenters. The van der Waals surface area contributed by atoms with E-state index in [0.29, 0.717) is 11.3 Å². The first kappa shape index (κ1) is 22.8. The number of benzene rings is 2. The van der Waals surface area contributed by atoms with Gasteiger partial charge in [0.2, 0.25) is 5.91 Å². The van der Waals surface area contributed by atoms with Gasteiger partial charge in [-0.2, -0.15) is 0 Å². The summed E-state index contributed by atoms with van der Waals surface area (Å²) >= 11 is 0. The van der Waals surface area contributed by atoms with Crippen molar-refractivity contribution in [1.29, 1.82) is 0 Å². The highest BCUT2D eigenvalue weighted by Crippen LogP contribution is 2.19. The van der Waals surface area contributed by atoms with Crippen molar-refractivity contribution in [2.75, 3.05) is 13.7 Å². The summed E-state index contributed by atoms with van der Waals surface area (Å²) in [7, 11) is -2.82. The van der Waals surface area contributed by atoms with Crippen molar-refractivity contribution >= 4 is 27.6 Å². The Labute approximate surface area is 173 Å². The van der Waals surface area contributed by atoms with Crippen LogP contribution in [0.1, 0.15) is 12.5 Å². The summed E-state index contributed by atoms with van der Waals surface area (Å²) in [6, 6.07) is 10.6. The summed E-state index contributed by atoms with van der Waals surface area (Å²) in [5.41, 5.74) is 0.272. The monoisotopic (exact) mass is 436 g/mol. The molecular formula is C19H20N2O8S. The van der Waals surface area contributed by atoms with Crippen LogP contribution in [0.2, 0.25) is 0 Å². The third kappa shape index (κ3) is 5.77. The van der Waals surface area contributed by atoms with Crippen molar-refractivity contribution in [3.8, 4) is 5.75 Å². The Morgan fingerprint density at radius 3 is 2.20 bits per heavy atom. The average molecular weight is 436 g/mol. The van der Waals surface area contributed by atoms with Gasteiger partial charge in [0, 0.05) is 12.1 Å². The van der Waals surface area contributed by atoms with E-state index in [-0.39, 0.29) is 23.6 Å². The summed E-state index contributed by atoms with van der Waals surface area (Å²) in [6.45, 7) is 1.54. The quantitative estimate of drug-likeness (QED) is 0.271. The van der Waals surface area contributed by atoms with Crippen LogP contribution in [0.5, 0.6) is 5.75 Å². The molecule has 1 N–H and O–H groups in total. The lowest BCUT2D eigenvalue weighted by molar-refractivity contribution is -0.384. The van der Waals surface area contributed by atoms with Crippen LogP contribution in [0, 0.1) is 16.0 Å². The Morgan fingerprint density at radius 2 is 1.70 bits per heavy atom. The molecule has 0 aliphatic rings. The zero-order chi connectivity index (χ0) is 22.3. The number of esters is 1. The number of sulfonamides is 1. The number of nitrogens with zero attached hydrogens (tertiary/aromatic N) is 1. The van der Waals surface area contributed by atoms with Crippen molar-refractivity contribution in [2.24, 2.45) is 5.92 Å². The number of methoxy groups -OCH3 is 1. The molecule has 2 aromatic carbocycles. The van der Waals surface area contributed by atoms with Gasteiger partial charge in [-0.1, -0.05) is 12.1 Å². The van der Waals surface area contributed by atoms with Crippen LogP contribution >= 0.6 is 0 Å². The maximum absolute atomic E-state index is 12.6. The summed E-state index contributed by atoms with van der Waals surface area (Å²) in [4.78, 5) is 34.9. The minimum absolute atomic E-state index is 0.00585. The second-order valence-electron chi connectivity index (χ2n) is 6.08.